The number of fused-ring (bicyclic) bond motifs is 1. The molecular formula is C16H14ClNO3S. The van der Waals surface area contributed by atoms with E-state index in [-0.39, 0.29) is 12.2 Å². The van der Waals surface area contributed by atoms with Gasteiger partial charge in [0.1, 0.15) is 0 Å². The molecule has 114 valence electrons. The minimum atomic E-state index is -1.81. The molecule has 2 heterocycles. The Morgan fingerprint density at radius 2 is 2.05 bits per heavy atom. The molecule has 0 saturated heterocycles. The number of rotatable bonds is 4. The number of carbonyl (C=O) groups is 2. The van der Waals surface area contributed by atoms with Crippen LogP contribution < -0.4 is 4.90 Å². The van der Waals surface area contributed by atoms with E-state index in [2.05, 4.69) is 0 Å². The summed E-state index contributed by atoms with van der Waals surface area (Å²) in [6.45, 7) is 2.28. The van der Waals surface area contributed by atoms with Gasteiger partial charge in [-0.1, -0.05) is 29.8 Å². The maximum absolute atomic E-state index is 12.6. The third kappa shape index (κ3) is 2.26. The lowest BCUT2D eigenvalue weighted by Crippen LogP contribution is -2.41. The maximum Gasteiger partial charge on any atom is 0.264 e. The second kappa shape index (κ2) is 5.50. The third-order valence-electron chi connectivity index (χ3n) is 3.82. The predicted molar refractivity (Wildman–Crippen MR) is 86.6 cm³/mol. The molecule has 0 bridgehead atoms. The summed E-state index contributed by atoms with van der Waals surface area (Å²) in [5.41, 5.74) is -0.660. The van der Waals surface area contributed by atoms with Gasteiger partial charge in [0.15, 0.2) is 11.4 Å². The first-order valence-corrected chi connectivity index (χ1v) is 8.09. The Bertz CT molecular complexity index is 757. The lowest BCUT2D eigenvalue weighted by Gasteiger charge is -2.21. The van der Waals surface area contributed by atoms with E-state index in [9.17, 15) is 14.7 Å². The number of ketones is 1. The molecule has 22 heavy (non-hydrogen) atoms. The Morgan fingerprint density at radius 1 is 1.32 bits per heavy atom. The molecule has 0 fully saturated rings. The van der Waals surface area contributed by atoms with Gasteiger partial charge in [0, 0.05) is 12.1 Å². The highest BCUT2D eigenvalue weighted by atomic mass is 35.5. The van der Waals surface area contributed by atoms with E-state index in [1.165, 1.54) is 4.90 Å². The van der Waals surface area contributed by atoms with Crippen LogP contribution in [0.1, 0.15) is 28.6 Å². The Kier molecular flexibility index (Phi) is 3.80. The molecule has 3 rings (SSSR count). The van der Waals surface area contributed by atoms with Crippen LogP contribution in [0.4, 0.5) is 5.69 Å². The fourth-order valence-corrected chi connectivity index (χ4v) is 3.76. The topological polar surface area (TPSA) is 57.6 Å². The smallest absolute Gasteiger partial charge is 0.264 e. The van der Waals surface area contributed by atoms with Gasteiger partial charge in [0.05, 0.1) is 21.3 Å². The van der Waals surface area contributed by atoms with Crippen molar-refractivity contribution in [3.8, 4) is 0 Å². The molecule has 4 nitrogen and oxygen atoms in total. The fraction of sp³-hybridized carbons (Fsp3) is 0.250. The SMILES string of the molecule is CCN1C(=O)[C@@](O)(CC(=O)c2ccc(Cl)s2)c2ccccc21. The number of hydrogen-bond donors (Lipinski definition) is 1. The molecule has 0 unspecified atom stereocenters. The average molecular weight is 336 g/mol. The lowest BCUT2D eigenvalue weighted by atomic mass is 9.89. The highest BCUT2D eigenvalue weighted by molar-refractivity contribution is 7.18. The zero-order chi connectivity index (χ0) is 15.9. The van der Waals surface area contributed by atoms with Gasteiger partial charge < -0.3 is 10.0 Å². The Labute approximate surface area is 136 Å². The molecule has 1 atom stereocenters. The van der Waals surface area contributed by atoms with Gasteiger partial charge in [0.2, 0.25) is 0 Å². The fourth-order valence-electron chi connectivity index (χ4n) is 2.78. The van der Waals surface area contributed by atoms with Gasteiger partial charge in [-0.05, 0) is 25.1 Å². The van der Waals surface area contributed by atoms with Gasteiger partial charge in [-0.15, -0.1) is 11.3 Å². The second-order valence-corrected chi connectivity index (χ2v) is 6.85. The molecule has 1 aliphatic rings. The van der Waals surface area contributed by atoms with E-state index >= 15 is 0 Å². The first-order chi connectivity index (χ1) is 10.5. The molecule has 2 aromatic rings. The van der Waals surface area contributed by atoms with Crippen LogP contribution in [0.3, 0.4) is 0 Å². The van der Waals surface area contributed by atoms with Crippen LogP contribution in [0.2, 0.25) is 4.34 Å². The van der Waals surface area contributed by atoms with Crippen molar-refractivity contribution in [1.29, 1.82) is 0 Å². The molecular weight excluding hydrogens is 322 g/mol. The predicted octanol–water partition coefficient (Wildman–Crippen LogP) is 3.23. The van der Waals surface area contributed by atoms with E-state index in [0.717, 1.165) is 11.3 Å². The number of carbonyl (C=O) groups excluding carboxylic acids is 2. The molecule has 6 heteroatoms. The second-order valence-electron chi connectivity index (χ2n) is 5.13. The molecule has 0 spiro atoms. The van der Waals surface area contributed by atoms with Crippen molar-refractivity contribution in [2.45, 2.75) is 18.9 Å². The number of anilines is 1. The highest BCUT2D eigenvalue weighted by Crippen LogP contribution is 2.43. The Morgan fingerprint density at radius 3 is 2.68 bits per heavy atom. The van der Waals surface area contributed by atoms with E-state index in [1.54, 1.807) is 36.4 Å². The minimum Gasteiger partial charge on any atom is -0.375 e. The van der Waals surface area contributed by atoms with Crippen molar-refractivity contribution >= 4 is 40.3 Å². The van der Waals surface area contributed by atoms with Crippen LogP contribution in [0, 0.1) is 0 Å². The summed E-state index contributed by atoms with van der Waals surface area (Å²) in [7, 11) is 0. The van der Waals surface area contributed by atoms with E-state index < -0.39 is 11.5 Å². The van der Waals surface area contributed by atoms with E-state index in [4.69, 9.17) is 11.6 Å². The molecule has 1 N–H and O–H groups in total. The number of aliphatic hydroxyl groups is 1. The molecule has 1 aliphatic heterocycles. The van der Waals surface area contributed by atoms with Gasteiger partial charge in [-0.3, -0.25) is 9.59 Å². The van der Waals surface area contributed by atoms with Crippen molar-refractivity contribution in [3.63, 3.8) is 0 Å². The largest absolute Gasteiger partial charge is 0.375 e. The number of halogens is 1. The number of nitrogens with zero attached hydrogens (tertiary/aromatic N) is 1. The number of amides is 1. The summed E-state index contributed by atoms with van der Waals surface area (Å²) in [5.74, 6) is -0.743. The van der Waals surface area contributed by atoms with Gasteiger partial charge in [-0.25, -0.2) is 0 Å². The lowest BCUT2D eigenvalue weighted by molar-refractivity contribution is -0.135. The molecule has 1 aromatic heterocycles. The zero-order valence-electron chi connectivity index (χ0n) is 11.9. The Balaban J connectivity index is 1.98. The van der Waals surface area contributed by atoms with Crippen LogP contribution in [0.5, 0.6) is 0 Å². The summed E-state index contributed by atoms with van der Waals surface area (Å²) in [6, 6.07) is 10.3. The zero-order valence-corrected chi connectivity index (χ0v) is 13.4. The number of thiophene rings is 1. The monoisotopic (exact) mass is 335 g/mol. The van der Waals surface area contributed by atoms with Crippen molar-refractivity contribution in [2.24, 2.45) is 0 Å². The van der Waals surface area contributed by atoms with Crippen LogP contribution in [-0.4, -0.2) is 23.3 Å². The van der Waals surface area contributed by atoms with Gasteiger partial charge in [-0.2, -0.15) is 0 Å². The van der Waals surface area contributed by atoms with Crippen molar-refractivity contribution < 1.29 is 14.7 Å². The highest BCUT2D eigenvalue weighted by Gasteiger charge is 2.50. The van der Waals surface area contributed by atoms with E-state index in [1.807, 2.05) is 6.92 Å². The number of Topliss-reactive ketones (excluding diaryl/α,β-unsaturated/α-hetero) is 1. The van der Waals surface area contributed by atoms with Crippen molar-refractivity contribution in [1.82, 2.24) is 0 Å². The molecule has 0 saturated carbocycles. The quantitative estimate of drug-likeness (QED) is 0.873. The van der Waals surface area contributed by atoms with Crippen molar-refractivity contribution in [3.05, 3.63) is 51.2 Å². The van der Waals surface area contributed by atoms with Crippen LogP contribution in [0.15, 0.2) is 36.4 Å². The van der Waals surface area contributed by atoms with Crippen LogP contribution >= 0.6 is 22.9 Å². The maximum atomic E-state index is 12.6. The summed E-state index contributed by atoms with van der Waals surface area (Å²) in [4.78, 5) is 26.9. The average Bonchev–Trinajstić information content (AvgIpc) is 3.02. The van der Waals surface area contributed by atoms with Crippen LogP contribution in [0.25, 0.3) is 0 Å². The molecule has 0 radical (unpaired) electrons. The van der Waals surface area contributed by atoms with E-state index in [0.29, 0.717) is 27.0 Å². The molecule has 1 aromatic carbocycles. The summed E-state index contributed by atoms with van der Waals surface area (Å²) < 4.78 is 0.503. The normalized spacial score (nSPS) is 20.3. The first-order valence-electron chi connectivity index (χ1n) is 6.89. The molecule has 0 aliphatic carbocycles. The number of para-hydroxylation sites is 1. The summed E-state index contributed by atoms with van der Waals surface area (Å²) in [6.07, 6.45) is -0.282. The third-order valence-corrected chi connectivity index (χ3v) is 5.09. The number of hydrogen-bond acceptors (Lipinski definition) is 4. The van der Waals surface area contributed by atoms with Gasteiger partial charge in [0.25, 0.3) is 5.91 Å². The van der Waals surface area contributed by atoms with Gasteiger partial charge >= 0.3 is 0 Å². The minimum absolute atomic E-state index is 0.282. The summed E-state index contributed by atoms with van der Waals surface area (Å²) >= 11 is 6.99. The number of likely N-dealkylation sites (N-methyl/N-ethyl adjacent to an activating group) is 1. The van der Waals surface area contributed by atoms with Crippen molar-refractivity contribution in [2.75, 3.05) is 11.4 Å². The van der Waals surface area contributed by atoms with Crippen LogP contribution in [-0.2, 0) is 10.4 Å². The standard InChI is InChI=1S/C16H14ClNO3S/c1-2-18-11-6-4-3-5-10(11)16(21,15(18)20)9-12(19)13-7-8-14(17)22-13/h3-8,21H,2,9H2,1H3/t16-/m1/s1. The molecule has 1 amide bonds. The number of benzene rings is 1. The Hall–Kier alpha value is -1.69. The first kappa shape index (κ1) is 15.2. The summed E-state index contributed by atoms with van der Waals surface area (Å²) in [5, 5.41) is 10.9.